The van der Waals surface area contributed by atoms with Gasteiger partial charge < -0.3 is 15.0 Å². The lowest BCUT2D eigenvalue weighted by Crippen LogP contribution is -2.37. The molecule has 1 fully saturated rings. The van der Waals surface area contributed by atoms with Crippen molar-refractivity contribution in [1.29, 1.82) is 15.8 Å². The molecule has 1 N–H and O–H groups in total. The molecular formula is C19H18FN5O2. The number of nitriles is 3. The second-order valence-electron chi connectivity index (χ2n) is 5.86. The zero-order valence-corrected chi connectivity index (χ0v) is 14.8. The summed E-state index contributed by atoms with van der Waals surface area (Å²) in [6.07, 6.45) is 1.13. The van der Waals surface area contributed by atoms with E-state index in [9.17, 15) is 14.4 Å². The van der Waals surface area contributed by atoms with E-state index in [4.69, 9.17) is 15.3 Å². The summed E-state index contributed by atoms with van der Waals surface area (Å²) >= 11 is 0. The van der Waals surface area contributed by atoms with E-state index in [1.165, 1.54) is 6.07 Å². The molecule has 0 radical (unpaired) electrons. The van der Waals surface area contributed by atoms with Crippen molar-refractivity contribution >= 4 is 17.3 Å². The first-order valence-electron chi connectivity index (χ1n) is 8.47. The minimum absolute atomic E-state index is 0.0200. The zero-order chi connectivity index (χ0) is 19.8. The molecule has 0 unspecified atom stereocenters. The van der Waals surface area contributed by atoms with Gasteiger partial charge >= 0.3 is 5.97 Å². The molecule has 0 atom stereocenters. The number of hydrogen-bond acceptors (Lipinski definition) is 7. The number of nitrogens with zero attached hydrogens (tertiary/aromatic N) is 4. The van der Waals surface area contributed by atoms with E-state index in [1.54, 1.807) is 37.3 Å². The van der Waals surface area contributed by atoms with Crippen LogP contribution >= 0.6 is 0 Å². The van der Waals surface area contributed by atoms with E-state index >= 15 is 0 Å². The van der Waals surface area contributed by atoms with Crippen LogP contribution in [0.25, 0.3) is 0 Å². The lowest BCUT2D eigenvalue weighted by atomic mass is 9.96. The van der Waals surface area contributed by atoms with Crippen molar-refractivity contribution in [1.82, 2.24) is 0 Å². The summed E-state index contributed by atoms with van der Waals surface area (Å²) in [7, 11) is 0. The van der Waals surface area contributed by atoms with E-state index in [0.717, 1.165) is 0 Å². The van der Waals surface area contributed by atoms with E-state index in [0.29, 0.717) is 38.2 Å². The van der Waals surface area contributed by atoms with E-state index < -0.39 is 11.4 Å². The molecule has 0 aliphatic carbocycles. The number of para-hydroxylation sites is 1. The molecule has 1 aromatic carbocycles. The van der Waals surface area contributed by atoms with Gasteiger partial charge in [-0.05, 0) is 31.9 Å². The summed E-state index contributed by atoms with van der Waals surface area (Å²) in [5.74, 6) is -1.02. The van der Waals surface area contributed by atoms with Crippen molar-refractivity contribution in [3.63, 3.8) is 0 Å². The highest BCUT2D eigenvalue weighted by Crippen LogP contribution is 2.33. The summed E-state index contributed by atoms with van der Waals surface area (Å²) in [6.45, 7) is 3.11. The Bertz CT molecular complexity index is 852. The van der Waals surface area contributed by atoms with Gasteiger partial charge in [0, 0.05) is 13.1 Å². The summed E-state index contributed by atoms with van der Waals surface area (Å²) < 4.78 is 19.5. The normalized spacial score (nSPS) is 13.7. The van der Waals surface area contributed by atoms with Crippen LogP contribution in [-0.4, -0.2) is 25.7 Å². The van der Waals surface area contributed by atoms with Crippen molar-refractivity contribution in [2.75, 3.05) is 29.9 Å². The highest BCUT2D eigenvalue weighted by Gasteiger charge is 2.27. The van der Waals surface area contributed by atoms with E-state index in [2.05, 4.69) is 5.32 Å². The fourth-order valence-corrected chi connectivity index (χ4v) is 2.92. The molecule has 0 bridgehead atoms. The third-order valence-electron chi connectivity index (χ3n) is 4.28. The first-order chi connectivity index (χ1) is 13.0. The second-order valence-corrected chi connectivity index (χ2v) is 5.86. The molecule has 1 heterocycles. The Hall–Kier alpha value is -3.57. The van der Waals surface area contributed by atoms with Gasteiger partial charge in [-0.25, -0.2) is 4.39 Å². The van der Waals surface area contributed by atoms with Crippen LogP contribution in [0.2, 0.25) is 0 Å². The van der Waals surface area contributed by atoms with Gasteiger partial charge in [-0.1, -0.05) is 6.07 Å². The number of ether oxygens (including phenoxy) is 1. The van der Waals surface area contributed by atoms with Gasteiger partial charge in [-0.3, -0.25) is 4.79 Å². The Morgan fingerprint density at radius 3 is 2.48 bits per heavy atom. The van der Waals surface area contributed by atoms with Gasteiger partial charge in [-0.15, -0.1) is 0 Å². The van der Waals surface area contributed by atoms with Gasteiger partial charge in [0.2, 0.25) is 0 Å². The number of piperidine rings is 1. The zero-order valence-electron chi connectivity index (χ0n) is 14.8. The molecule has 1 aliphatic rings. The van der Waals surface area contributed by atoms with Crippen LogP contribution in [0.1, 0.15) is 19.8 Å². The molecule has 2 rings (SSSR count). The van der Waals surface area contributed by atoms with Crippen LogP contribution in [0, 0.1) is 45.7 Å². The number of halogens is 1. The van der Waals surface area contributed by atoms with Crippen molar-refractivity contribution < 1.29 is 13.9 Å². The van der Waals surface area contributed by atoms with Crippen LogP contribution in [-0.2, 0) is 9.53 Å². The van der Waals surface area contributed by atoms with Crippen molar-refractivity contribution in [3.8, 4) is 18.2 Å². The number of esters is 1. The first-order valence-corrected chi connectivity index (χ1v) is 8.47. The van der Waals surface area contributed by atoms with Crippen LogP contribution in [0.5, 0.6) is 0 Å². The van der Waals surface area contributed by atoms with Crippen molar-refractivity contribution in [3.05, 3.63) is 35.3 Å². The van der Waals surface area contributed by atoms with Crippen LogP contribution in [0.3, 0.4) is 0 Å². The van der Waals surface area contributed by atoms with Gasteiger partial charge in [0.15, 0.2) is 5.57 Å². The van der Waals surface area contributed by atoms with Crippen molar-refractivity contribution in [2.24, 2.45) is 5.92 Å². The van der Waals surface area contributed by atoms with Gasteiger partial charge in [0.1, 0.15) is 29.7 Å². The minimum atomic E-state index is -0.608. The maximum Gasteiger partial charge on any atom is 0.309 e. The van der Waals surface area contributed by atoms with Gasteiger partial charge in [0.05, 0.1) is 23.9 Å². The fraction of sp³-hybridized carbons (Fsp3) is 0.368. The third kappa shape index (κ3) is 4.54. The molecule has 138 valence electrons. The summed E-state index contributed by atoms with van der Waals surface area (Å²) in [5.41, 5.74) is -0.215. The molecular weight excluding hydrogens is 349 g/mol. The standard InChI is InChI=1S/C19H18FN5O2/c1-2-27-19(26)13-6-8-25(9-7-13)17-5-3-4-15(20)18(17)24-16(12-23)14(10-21)11-22/h3-5,13,24H,2,6-9H2,1H3. The molecule has 0 saturated carbocycles. The Kier molecular flexibility index (Phi) is 6.74. The molecule has 1 aromatic rings. The molecule has 0 aromatic heterocycles. The molecule has 1 aliphatic heterocycles. The fourth-order valence-electron chi connectivity index (χ4n) is 2.92. The first kappa shape index (κ1) is 19.8. The topological polar surface area (TPSA) is 113 Å². The van der Waals surface area contributed by atoms with Crippen LogP contribution < -0.4 is 10.2 Å². The predicted molar refractivity (Wildman–Crippen MR) is 95.5 cm³/mol. The molecule has 7 nitrogen and oxygen atoms in total. The number of rotatable bonds is 5. The molecule has 0 amide bonds. The lowest BCUT2D eigenvalue weighted by Gasteiger charge is -2.33. The number of carbonyl (C=O) groups excluding carboxylic acids is 1. The third-order valence-corrected chi connectivity index (χ3v) is 4.28. The Morgan fingerprint density at radius 2 is 1.93 bits per heavy atom. The Labute approximate surface area is 156 Å². The summed E-state index contributed by atoms with van der Waals surface area (Å²) in [4.78, 5) is 13.8. The SMILES string of the molecule is CCOC(=O)C1CCN(c2cccc(F)c2NC(C#N)=C(C#N)C#N)CC1. The maximum absolute atomic E-state index is 14.4. The average molecular weight is 367 g/mol. The molecule has 1 saturated heterocycles. The number of anilines is 2. The van der Waals surface area contributed by atoms with E-state index in [1.807, 2.05) is 4.90 Å². The number of hydrogen-bond donors (Lipinski definition) is 1. The largest absolute Gasteiger partial charge is 0.466 e. The molecule has 27 heavy (non-hydrogen) atoms. The quantitative estimate of drug-likeness (QED) is 0.629. The minimum Gasteiger partial charge on any atom is -0.466 e. The maximum atomic E-state index is 14.4. The number of benzene rings is 1. The summed E-state index contributed by atoms with van der Waals surface area (Å²) in [6, 6.07) is 9.41. The second kappa shape index (κ2) is 9.22. The number of carbonyl (C=O) groups is 1. The Balaban J connectivity index is 2.26. The molecule has 8 heteroatoms. The summed E-state index contributed by atoms with van der Waals surface area (Å²) in [5, 5.41) is 29.7. The van der Waals surface area contributed by atoms with Gasteiger partial charge in [-0.2, -0.15) is 15.8 Å². The lowest BCUT2D eigenvalue weighted by molar-refractivity contribution is -0.148. The molecule has 0 spiro atoms. The van der Waals surface area contributed by atoms with E-state index in [-0.39, 0.29) is 23.3 Å². The monoisotopic (exact) mass is 367 g/mol. The van der Waals surface area contributed by atoms with Crippen molar-refractivity contribution in [2.45, 2.75) is 19.8 Å². The predicted octanol–water partition coefficient (Wildman–Crippen LogP) is 2.84. The average Bonchev–Trinajstić information content (AvgIpc) is 2.69. The highest BCUT2D eigenvalue weighted by atomic mass is 19.1. The smallest absolute Gasteiger partial charge is 0.309 e. The van der Waals surface area contributed by atoms with Gasteiger partial charge in [0.25, 0.3) is 0 Å². The Morgan fingerprint density at radius 1 is 1.26 bits per heavy atom. The number of allylic oxidation sites excluding steroid dienone is 2. The van der Waals surface area contributed by atoms with Crippen LogP contribution in [0.4, 0.5) is 15.8 Å². The highest BCUT2D eigenvalue weighted by molar-refractivity contribution is 5.76. The number of nitrogens with one attached hydrogen (secondary N) is 1. The van der Waals surface area contributed by atoms with Crippen LogP contribution in [0.15, 0.2) is 29.5 Å².